The molecule has 3 heterocycles. The number of aromatic nitrogens is 3. The van der Waals surface area contributed by atoms with Crippen LogP contribution in [0.1, 0.15) is 30.8 Å². The van der Waals surface area contributed by atoms with Gasteiger partial charge in [0.15, 0.2) is 5.58 Å². The number of aryl methyl sites for hydroxylation is 1. The van der Waals surface area contributed by atoms with Crippen molar-refractivity contribution in [1.29, 1.82) is 0 Å². The van der Waals surface area contributed by atoms with Gasteiger partial charge in [-0.25, -0.2) is 4.98 Å². The van der Waals surface area contributed by atoms with E-state index >= 15 is 0 Å². The van der Waals surface area contributed by atoms with Crippen LogP contribution in [0.15, 0.2) is 28.8 Å². The lowest BCUT2D eigenvalue weighted by atomic mass is 9.94. The summed E-state index contributed by atoms with van der Waals surface area (Å²) in [6, 6.07) is 6.06. The fourth-order valence-electron chi connectivity index (χ4n) is 3.69. The zero-order valence-corrected chi connectivity index (χ0v) is 16.9. The predicted octanol–water partition coefficient (Wildman–Crippen LogP) is 3.78. The molecule has 1 aromatic carbocycles. The Kier molecular flexibility index (Phi) is 5.26. The maximum atomic E-state index is 12.7. The first kappa shape index (κ1) is 18.8. The number of H-pyrrole nitrogens is 1. The van der Waals surface area contributed by atoms with Crippen LogP contribution in [0.3, 0.4) is 0 Å². The summed E-state index contributed by atoms with van der Waals surface area (Å²) in [6.45, 7) is 4.09. The summed E-state index contributed by atoms with van der Waals surface area (Å²) in [4.78, 5) is 28.5. The average Bonchev–Trinajstić information content (AvgIpc) is 3.27. The Bertz CT molecular complexity index is 982. The molecule has 4 rings (SSSR count). The molecule has 1 aliphatic rings. The zero-order chi connectivity index (χ0) is 19.7. The van der Waals surface area contributed by atoms with Crippen molar-refractivity contribution < 1.29 is 9.21 Å². The fourth-order valence-corrected chi connectivity index (χ4v) is 3.85. The lowest BCUT2D eigenvalue weighted by molar-refractivity contribution is -0.131. The molecule has 1 fully saturated rings. The lowest BCUT2D eigenvalue weighted by Crippen LogP contribution is -2.38. The highest BCUT2D eigenvalue weighted by molar-refractivity contribution is 6.31. The van der Waals surface area contributed by atoms with Gasteiger partial charge in [0.2, 0.25) is 5.91 Å². The number of rotatable bonds is 5. The lowest BCUT2D eigenvalue weighted by Gasteiger charge is -2.32. The number of nitrogens with one attached hydrogen (secondary N) is 1. The normalized spacial score (nSPS) is 17.2. The first-order valence-electron chi connectivity index (χ1n) is 9.53. The van der Waals surface area contributed by atoms with Crippen LogP contribution in [0.25, 0.3) is 11.1 Å². The van der Waals surface area contributed by atoms with E-state index in [0.29, 0.717) is 29.6 Å². The summed E-state index contributed by atoms with van der Waals surface area (Å²) < 4.78 is 5.89. The highest BCUT2D eigenvalue weighted by Crippen LogP contribution is 2.29. The molecule has 1 amide bonds. The second kappa shape index (κ2) is 7.83. The van der Waals surface area contributed by atoms with Gasteiger partial charge in [-0.05, 0) is 37.8 Å². The van der Waals surface area contributed by atoms with Gasteiger partial charge in [0.05, 0.1) is 6.54 Å². The Morgan fingerprint density at radius 3 is 3.11 bits per heavy atom. The van der Waals surface area contributed by atoms with Gasteiger partial charge in [-0.1, -0.05) is 11.6 Å². The number of anilines is 1. The quantitative estimate of drug-likeness (QED) is 0.703. The molecule has 1 unspecified atom stereocenters. The van der Waals surface area contributed by atoms with Crippen LogP contribution in [-0.2, 0) is 11.3 Å². The third-order valence-corrected chi connectivity index (χ3v) is 5.40. The van der Waals surface area contributed by atoms with Gasteiger partial charge in [-0.2, -0.15) is 4.98 Å². The number of oxazole rings is 1. The number of carbonyl (C=O) groups is 1. The Morgan fingerprint density at radius 1 is 1.46 bits per heavy atom. The molecule has 0 aliphatic carbocycles. The van der Waals surface area contributed by atoms with Crippen LogP contribution in [0.5, 0.6) is 0 Å². The topological polar surface area (TPSA) is 78.3 Å². The summed E-state index contributed by atoms with van der Waals surface area (Å²) in [5, 5.41) is 0.632. The van der Waals surface area contributed by atoms with Gasteiger partial charge in [0, 0.05) is 49.5 Å². The van der Waals surface area contributed by atoms with Crippen molar-refractivity contribution in [2.24, 2.45) is 5.92 Å². The maximum absolute atomic E-state index is 12.7. The summed E-state index contributed by atoms with van der Waals surface area (Å²) in [5.41, 5.74) is 2.48. The smallest absolute Gasteiger partial charge is 0.298 e. The number of imidazole rings is 1. The van der Waals surface area contributed by atoms with Crippen molar-refractivity contribution in [1.82, 2.24) is 19.9 Å². The van der Waals surface area contributed by atoms with Crippen LogP contribution in [0.2, 0.25) is 5.02 Å². The van der Waals surface area contributed by atoms with Crippen molar-refractivity contribution in [2.45, 2.75) is 32.7 Å². The number of hydrogen-bond donors (Lipinski definition) is 1. The van der Waals surface area contributed by atoms with E-state index in [1.165, 1.54) is 0 Å². The van der Waals surface area contributed by atoms with E-state index in [-0.39, 0.29) is 11.8 Å². The van der Waals surface area contributed by atoms with Gasteiger partial charge >= 0.3 is 0 Å². The molecular formula is C20H24ClN5O2. The Balaban J connectivity index is 1.38. The molecule has 8 heteroatoms. The zero-order valence-electron chi connectivity index (χ0n) is 16.1. The van der Waals surface area contributed by atoms with Gasteiger partial charge in [0.1, 0.15) is 11.3 Å². The molecule has 3 aromatic rings. The molecule has 1 aliphatic heterocycles. The van der Waals surface area contributed by atoms with E-state index in [0.717, 1.165) is 43.0 Å². The van der Waals surface area contributed by atoms with E-state index in [1.807, 2.05) is 26.1 Å². The van der Waals surface area contributed by atoms with Crippen molar-refractivity contribution in [3.63, 3.8) is 0 Å². The summed E-state index contributed by atoms with van der Waals surface area (Å²) in [5.74, 6) is 1.22. The van der Waals surface area contributed by atoms with E-state index in [9.17, 15) is 4.79 Å². The molecule has 148 valence electrons. The minimum absolute atomic E-state index is 0.130. The van der Waals surface area contributed by atoms with Crippen LogP contribution < -0.4 is 4.90 Å². The predicted molar refractivity (Wildman–Crippen MR) is 108 cm³/mol. The minimum Gasteiger partial charge on any atom is -0.423 e. The molecule has 0 spiro atoms. The summed E-state index contributed by atoms with van der Waals surface area (Å²) >= 11 is 6.03. The summed E-state index contributed by atoms with van der Waals surface area (Å²) in [6.07, 6.45) is 4.33. The van der Waals surface area contributed by atoms with E-state index in [4.69, 9.17) is 16.0 Å². The number of carbonyl (C=O) groups excluding carboxylic acids is 1. The SMILES string of the molecule is Cc1cnc(CN(C)C(=O)CC2CCCN(c3nc4ccc(Cl)cc4o3)C2)[nH]1. The molecular weight excluding hydrogens is 378 g/mol. The molecule has 0 saturated carbocycles. The van der Waals surface area contributed by atoms with Gasteiger partial charge < -0.3 is 19.2 Å². The van der Waals surface area contributed by atoms with Crippen LogP contribution in [0, 0.1) is 12.8 Å². The standard InChI is InChI=1S/C20H24ClN5O2/c1-13-10-22-18(23-13)12-25(2)19(27)8-14-4-3-7-26(11-14)20-24-16-6-5-15(21)9-17(16)28-20/h5-6,9-10,14H,3-4,7-8,11-12H2,1-2H3,(H,22,23). The molecule has 28 heavy (non-hydrogen) atoms. The number of amides is 1. The summed E-state index contributed by atoms with van der Waals surface area (Å²) in [7, 11) is 1.82. The third kappa shape index (κ3) is 4.14. The third-order valence-electron chi connectivity index (χ3n) is 5.16. The molecule has 1 saturated heterocycles. The second-order valence-electron chi connectivity index (χ2n) is 7.53. The Morgan fingerprint density at radius 2 is 2.32 bits per heavy atom. The molecule has 1 N–H and O–H groups in total. The number of hydrogen-bond acceptors (Lipinski definition) is 5. The average molecular weight is 402 g/mol. The molecule has 0 radical (unpaired) electrons. The molecule has 1 atom stereocenters. The highest BCUT2D eigenvalue weighted by Gasteiger charge is 2.26. The van der Waals surface area contributed by atoms with Gasteiger partial charge in [0.25, 0.3) is 6.01 Å². The number of aromatic amines is 1. The van der Waals surface area contributed by atoms with Crippen molar-refractivity contribution in [3.05, 3.63) is 40.9 Å². The molecule has 7 nitrogen and oxygen atoms in total. The molecule has 2 aromatic heterocycles. The second-order valence-corrected chi connectivity index (χ2v) is 7.97. The van der Waals surface area contributed by atoms with Crippen LogP contribution in [0.4, 0.5) is 6.01 Å². The monoisotopic (exact) mass is 401 g/mol. The minimum atomic E-state index is 0.130. The first-order chi connectivity index (χ1) is 13.5. The van der Waals surface area contributed by atoms with Gasteiger partial charge in [-0.3, -0.25) is 4.79 Å². The first-order valence-corrected chi connectivity index (χ1v) is 9.91. The van der Waals surface area contributed by atoms with Crippen molar-refractivity contribution in [2.75, 3.05) is 25.0 Å². The van der Waals surface area contributed by atoms with Gasteiger partial charge in [-0.15, -0.1) is 0 Å². The Labute approximate surface area is 168 Å². The van der Waals surface area contributed by atoms with E-state index in [1.54, 1.807) is 17.2 Å². The highest BCUT2D eigenvalue weighted by atomic mass is 35.5. The number of nitrogens with zero attached hydrogens (tertiary/aromatic N) is 4. The largest absolute Gasteiger partial charge is 0.423 e. The molecule has 0 bridgehead atoms. The Hall–Kier alpha value is -2.54. The number of piperidine rings is 1. The van der Waals surface area contributed by atoms with E-state index < -0.39 is 0 Å². The number of fused-ring (bicyclic) bond motifs is 1. The number of benzene rings is 1. The van der Waals surface area contributed by atoms with Crippen molar-refractivity contribution in [3.8, 4) is 0 Å². The number of halogens is 1. The van der Waals surface area contributed by atoms with E-state index in [2.05, 4.69) is 19.9 Å². The fraction of sp³-hybridized carbons (Fsp3) is 0.450. The van der Waals surface area contributed by atoms with Crippen LogP contribution >= 0.6 is 11.6 Å². The van der Waals surface area contributed by atoms with Crippen LogP contribution in [-0.4, -0.2) is 45.9 Å². The maximum Gasteiger partial charge on any atom is 0.298 e. The van der Waals surface area contributed by atoms with Crippen molar-refractivity contribution >= 4 is 34.6 Å².